The number of carboxylic acid groups (broad SMARTS) is 1. The minimum absolute atomic E-state index is 0.0859. The summed E-state index contributed by atoms with van der Waals surface area (Å²) in [5.41, 5.74) is 0.310. The van der Waals surface area contributed by atoms with Gasteiger partial charge in [-0.05, 0) is 92.4 Å². The van der Waals surface area contributed by atoms with E-state index >= 15 is 0 Å². The Bertz CT molecular complexity index is 980. The van der Waals surface area contributed by atoms with E-state index in [-0.39, 0.29) is 34.7 Å². The Morgan fingerprint density at radius 2 is 1.87 bits per heavy atom. The molecule has 5 fully saturated rings. The number of carbonyl (C=O) groups excluding carboxylic acids is 1. The third-order valence-electron chi connectivity index (χ3n) is 12.4. The quantitative estimate of drug-likeness (QED) is 0.520. The Hall–Kier alpha value is -1.64. The van der Waals surface area contributed by atoms with Gasteiger partial charge < -0.3 is 24.6 Å². The van der Waals surface area contributed by atoms with Crippen LogP contribution in [0.4, 0.5) is 4.79 Å². The molecular weight excluding hydrogens is 484 g/mol. The van der Waals surface area contributed by atoms with Crippen molar-refractivity contribution in [1.29, 1.82) is 0 Å². The Morgan fingerprint density at radius 1 is 1.08 bits per heavy atom. The molecule has 2 aliphatic heterocycles. The van der Waals surface area contributed by atoms with E-state index in [0.29, 0.717) is 25.0 Å². The lowest BCUT2D eigenvalue weighted by atomic mass is 9.43. The van der Waals surface area contributed by atoms with Gasteiger partial charge in [-0.15, -0.1) is 0 Å². The van der Waals surface area contributed by atoms with Crippen LogP contribution in [-0.4, -0.2) is 89.7 Å². The summed E-state index contributed by atoms with van der Waals surface area (Å²) in [5, 5.41) is 22.5. The molecule has 0 radical (unpaired) electrons. The lowest BCUT2D eigenvalue weighted by Crippen LogP contribution is -2.63. The second kappa shape index (κ2) is 9.77. The first-order valence-electron chi connectivity index (χ1n) is 15.0. The summed E-state index contributed by atoms with van der Waals surface area (Å²) in [6.45, 7) is 9.68. The highest BCUT2D eigenvalue weighted by Gasteiger charge is 2.67. The second-order valence-electron chi connectivity index (χ2n) is 13.6. The summed E-state index contributed by atoms with van der Waals surface area (Å²) in [7, 11) is 0. The summed E-state index contributed by atoms with van der Waals surface area (Å²) < 4.78 is 10.7. The molecule has 0 spiro atoms. The maximum Gasteiger partial charge on any atom is 0.407 e. The number of carbonyl (C=O) groups is 2. The molecule has 2 heterocycles. The van der Waals surface area contributed by atoms with E-state index in [2.05, 4.69) is 18.7 Å². The minimum Gasteiger partial charge on any atom is -0.465 e. The molecule has 4 saturated carbocycles. The number of morpholine rings is 1. The molecule has 4 aliphatic carbocycles. The molecule has 1 saturated heterocycles. The van der Waals surface area contributed by atoms with Crippen LogP contribution in [0.15, 0.2) is 11.6 Å². The van der Waals surface area contributed by atoms with E-state index in [1.807, 2.05) is 0 Å². The number of nitrogens with zero attached hydrogens (tertiary/aromatic N) is 2. The van der Waals surface area contributed by atoms with E-state index in [1.54, 1.807) is 11.0 Å². The summed E-state index contributed by atoms with van der Waals surface area (Å²) in [5.74, 6) is 1.23. The van der Waals surface area contributed by atoms with Crippen molar-refractivity contribution in [3.63, 3.8) is 0 Å². The Kier molecular flexibility index (Phi) is 6.83. The molecule has 8 atom stereocenters. The normalized spacial score (nSPS) is 45.0. The highest BCUT2D eigenvalue weighted by atomic mass is 16.5. The molecule has 6 rings (SSSR count). The highest BCUT2D eigenvalue weighted by molar-refractivity contribution is 5.85. The SMILES string of the molecule is CC12CCC(N(CCN3CCOCC3)C(=O)O)CC1CCC1C2CCC2(C)C(C3=CC(=O)OC3)CCC12O. The topological polar surface area (TPSA) is 99.5 Å². The van der Waals surface area contributed by atoms with E-state index in [9.17, 15) is 19.8 Å². The summed E-state index contributed by atoms with van der Waals surface area (Å²) in [4.78, 5) is 28.2. The molecule has 8 unspecified atom stereocenters. The first-order chi connectivity index (χ1) is 18.2. The van der Waals surface area contributed by atoms with Gasteiger partial charge in [-0.1, -0.05) is 13.8 Å². The van der Waals surface area contributed by atoms with E-state index in [1.165, 1.54) is 0 Å². The van der Waals surface area contributed by atoms with Crippen molar-refractivity contribution in [1.82, 2.24) is 9.80 Å². The van der Waals surface area contributed by atoms with Crippen molar-refractivity contribution in [2.75, 3.05) is 46.0 Å². The summed E-state index contributed by atoms with van der Waals surface area (Å²) >= 11 is 0. The van der Waals surface area contributed by atoms with Crippen molar-refractivity contribution in [3.8, 4) is 0 Å². The smallest absolute Gasteiger partial charge is 0.407 e. The van der Waals surface area contributed by atoms with Gasteiger partial charge in [-0.3, -0.25) is 4.90 Å². The monoisotopic (exact) mass is 530 g/mol. The first kappa shape index (κ1) is 26.6. The minimum atomic E-state index is -0.788. The van der Waals surface area contributed by atoms with E-state index in [4.69, 9.17) is 9.47 Å². The first-order valence-corrected chi connectivity index (χ1v) is 15.0. The third-order valence-corrected chi connectivity index (χ3v) is 12.4. The summed E-state index contributed by atoms with van der Waals surface area (Å²) in [6.07, 6.45) is 9.70. The van der Waals surface area contributed by atoms with Crippen molar-refractivity contribution >= 4 is 12.1 Å². The number of rotatable bonds is 5. The van der Waals surface area contributed by atoms with Gasteiger partial charge >= 0.3 is 12.1 Å². The molecule has 8 heteroatoms. The zero-order chi connectivity index (χ0) is 26.7. The maximum atomic E-state index is 12.4. The van der Waals surface area contributed by atoms with Crippen LogP contribution in [-0.2, 0) is 14.3 Å². The van der Waals surface area contributed by atoms with Gasteiger partial charge in [0.1, 0.15) is 6.61 Å². The molecule has 1 amide bonds. The zero-order valence-corrected chi connectivity index (χ0v) is 23.2. The van der Waals surface area contributed by atoms with Crippen molar-refractivity contribution in [3.05, 3.63) is 11.6 Å². The fourth-order valence-corrected chi connectivity index (χ4v) is 10.2. The Labute approximate surface area is 226 Å². The van der Waals surface area contributed by atoms with Gasteiger partial charge in [-0.2, -0.15) is 0 Å². The number of esters is 1. The van der Waals surface area contributed by atoms with Crippen LogP contribution in [0, 0.1) is 34.5 Å². The van der Waals surface area contributed by atoms with Crippen LogP contribution in [0.1, 0.15) is 71.6 Å². The van der Waals surface area contributed by atoms with Crippen molar-refractivity contribution < 1.29 is 29.3 Å². The maximum absolute atomic E-state index is 12.4. The number of hydrogen-bond acceptors (Lipinski definition) is 6. The van der Waals surface area contributed by atoms with Gasteiger partial charge in [0.05, 0.1) is 18.8 Å². The van der Waals surface area contributed by atoms with Crippen LogP contribution in [0.5, 0.6) is 0 Å². The lowest BCUT2D eigenvalue weighted by molar-refractivity contribution is -0.206. The largest absolute Gasteiger partial charge is 0.465 e. The molecule has 212 valence electrons. The number of hydrogen-bond donors (Lipinski definition) is 2. The molecule has 0 aromatic carbocycles. The van der Waals surface area contributed by atoms with Gasteiger partial charge in [0, 0.05) is 43.7 Å². The van der Waals surface area contributed by atoms with Gasteiger partial charge in [0.25, 0.3) is 0 Å². The predicted octanol–water partition coefficient (Wildman–Crippen LogP) is 3.92. The highest BCUT2D eigenvalue weighted by Crippen LogP contribution is 2.70. The molecular formula is C30H46N2O6. The molecule has 0 aromatic heterocycles. The average molecular weight is 531 g/mol. The predicted molar refractivity (Wildman–Crippen MR) is 141 cm³/mol. The standard InChI is InChI=1S/C30H46N2O6/c1-28-8-5-22(32(27(34)35)12-11-31-13-15-37-16-14-31)18-21(28)3-4-25-24(28)6-9-29(2)23(7-10-30(25,29)36)20-17-26(33)38-19-20/h17,21-25,36H,3-16,18-19H2,1-2H3,(H,34,35). The molecule has 0 aromatic rings. The fourth-order valence-electron chi connectivity index (χ4n) is 10.2. The van der Waals surface area contributed by atoms with E-state index < -0.39 is 11.7 Å². The van der Waals surface area contributed by atoms with Gasteiger partial charge in [0.2, 0.25) is 0 Å². The van der Waals surface area contributed by atoms with Crippen LogP contribution in [0.25, 0.3) is 0 Å². The summed E-state index contributed by atoms with van der Waals surface area (Å²) in [6, 6.07) is 0.0859. The molecule has 0 bridgehead atoms. The third kappa shape index (κ3) is 4.12. The van der Waals surface area contributed by atoms with Crippen molar-refractivity contribution in [2.45, 2.75) is 83.3 Å². The zero-order valence-electron chi connectivity index (χ0n) is 23.2. The average Bonchev–Trinajstić information content (AvgIpc) is 3.44. The fraction of sp³-hybridized carbons (Fsp3) is 0.867. The molecule has 38 heavy (non-hydrogen) atoms. The van der Waals surface area contributed by atoms with Crippen LogP contribution in [0.3, 0.4) is 0 Å². The second-order valence-corrected chi connectivity index (χ2v) is 13.6. The van der Waals surface area contributed by atoms with Gasteiger partial charge in [0.15, 0.2) is 0 Å². The number of amides is 1. The van der Waals surface area contributed by atoms with Crippen molar-refractivity contribution in [2.24, 2.45) is 34.5 Å². The van der Waals surface area contributed by atoms with Crippen LogP contribution in [0.2, 0.25) is 0 Å². The lowest BCUT2D eigenvalue weighted by Gasteiger charge is -2.64. The van der Waals surface area contributed by atoms with Gasteiger partial charge in [-0.25, -0.2) is 9.59 Å². The van der Waals surface area contributed by atoms with E-state index in [0.717, 1.165) is 96.2 Å². The number of ether oxygens (including phenoxy) is 2. The number of aliphatic hydroxyl groups is 1. The number of fused-ring (bicyclic) bond motifs is 5. The number of cyclic esters (lactones) is 1. The van der Waals surface area contributed by atoms with Crippen LogP contribution >= 0.6 is 0 Å². The van der Waals surface area contributed by atoms with Crippen LogP contribution < -0.4 is 0 Å². The molecule has 8 nitrogen and oxygen atoms in total. The molecule has 2 N–H and O–H groups in total. The Balaban J connectivity index is 1.16. The Morgan fingerprint density at radius 3 is 2.58 bits per heavy atom. The molecule has 6 aliphatic rings.